The Morgan fingerprint density at radius 3 is 2.54 bits per heavy atom. The van der Waals surface area contributed by atoms with Crippen molar-refractivity contribution in [3.8, 4) is 5.75 Å². The SMILES string of the molecule is CC(C)CN(Cc1ccccc1OCc1ccncc1)CC1CCN(C)CC1. The van der Waals surface area contributed by atoms with E-state index in [1.54, 1.807) is 0 Å². The Kier molecular flexibility index (Phi) is 7.87. The van der Waals surface area contributed by atoms with Crippen molar-refractivity contribution in [3.05, 3.63) is 59.9 Å². The van der Waals surface area contributed by atoms with Gasteiger partial charge >= 0.3 is 0 Å². The summed E-state index contributed by atoms with van der Waals surface area (Å²) in [5.74, 6) is 2.47. The molecule has 1 aliphatic rings. The largest absolute Gasteiger partial charge is 0.489 e. The summed E-state index contributed by atoms with van der Waals surface area (Å²) in [6, 6.07) is 12.5. The third-order valence-electron chi connectivity index (χ3n) is 5.49. The maximum atomic E-state index is 6.17. The van der Waals surface area contributed by atoms with Gasteiger partial charge in [-0.2, -0.15) is 0 Å². The minimum atomic E-state index is 0.582. The van der Waals surface area contributed by atoms with E-state index in [0.717, 1.165) is 30.3 Å². The third-order valence-corrected chi connectivity index (χ3v) is 5.49. The summed E-state index contributed by atoms with van der Waals surface area (Å²) in [6.45, 7) is 10.9. The number of nitrogens with zero attached hydrogens (tertiary/aromatic N) is 3. The number of pyridine rings is 1. The molecule has 0 atom stereocenters. The van der Waals surface area contributed by atoms with Gasteiger partial charge in [-0.05, 0) is 68.6 Å². The minimum Gasteiger partial charge on any atom is -0.489 e. The van der Waals surface area contributed by atoms with E-state index in [2.05, 4.69) is 59.9 Å². The maximum absolute atomic E-state index is 6.17. The lowest BCUT2D eigenvalue weighted by molar-refractivity contribution is 0.145. The molecule has 0 bridgehead atoms. The first-order valence-electron chi connectivity index (χ1n) is 10.6. The zero-order valence-electron chi connectivity index (χ0n) is 17.7. The van der Waals surface area contributed by atoms with E-state index in [-0.39, 0.29) is 0 Å². The van der Waals surface area contributed by atoms with Crippen LogP contribution in [0, 0.1) is 11.8 Å². The summed E-state index contributed by atoms with van der Waals surface area (Å²) < 4.78 is 6.17. The number of benzene rings is 1. The van der Waals surface area contributed by atoms with E-state index in [9.17, 15) is 0 Å². The molecule has 0 amide bonds. The topological polar surface area (TPSA) is 28.6 Å². The lowest BCUT2D eigenvalue weighted by Gasteiger charge is -2.34. The van der Waals surface area contributed by atoms with E-state index in [4.69, 9.17) is 4.74 Å². The van der Waals surface area contributed by atoms with Crippen LogP contribution in [0.2, 0.25) is 0 Å². The normalized spacial score (nSPS) is 16.0. The van der Waals surface area contributed by atoms with Gasteiger partial charge in [0.25, 0.3) is 0 Å². The van der Waals surface area contributed by atoms with Crippen molar-refractivity contribution in [2.24, 2.45) is 11.8 Å². The van der Waals surface area contributed by atoms with Crippen molar-refractivity contribution in [2.45, 2.75) is 39.8 Å². The zero-order chi connectivity index (χ0) is 19.8. The fourth-order valence-electron chi connectivity index (χ4n) is 3.99. The molecule has 1 saturated heterocycles. The molecule has 0 N–H and O–H groups in total. The molecule has 1 aromatic carbocycles. The molecule has 0 unspecified atom stereocenters. The molecule has 2 aromatic rings. The van der Waals surface area contributed by atoms with Gasteiger partial charge in [-0.1, -0.05) is 32.0 Å². The van der Waals surface area contributed by atoms with Crippen molar-refractivity contribution in [2.75, 3.05) is 33.2 Å². The molecule has 1 aromatic heterocycles. The first-order valence-corrected chi connectivity index (χ1v) is 10.6. The van der Waals surface area contributed by atoms with Gasteiger partial charge in [0, 0.05) is 37.6 Å². The van der Waals surface area contributed by atoms with Crippen LogP contribution in [0.3, 0.4) is 0 Å². The van der Waals surface area contributed by atoms with Gasteiger partial charge in [0.1, 0.15) is 12.4 Å². The predicted octanol–water partition coefficient (Wildman–Crippen LogP) is 4.46. The Morgan fingerprint density at radius 1 is 1.11 bits per heavy atom. The van der Waals surface area contributed by atoms with Gasteiger partial charge in [0.2, 0.25) is 0 Å². The quantitative estimate of drug-likeness (QED) is 0.641. The molecule has 152 valence electrons. The van der Waals surface area contributed by atoms with Gasteiger partial charge in [-0.3, -0.25) is 9.88 Å². The van der Waals surface area contributed by atoms with Crippen molar-refractivity contribution < 1.29 is 4.74 Å². The first-order chi connectivity index (χ1) is 13.6. The molecular weight excluding hydrogens is 346 g/mol. The second kappa shape index (κ2) is 10.6. The van der Waals surface area contributed by atoms with Gasteiger partial charge in [-0.15, -0.1) is 0 Å². The minimum absolute atomic E-state index is 0.582. The lowest BCUT2D eigenvalue weighted by atomic mass is 9.96. The highest BCUT2D eigenvalue weighted by Crippen LogP contribution is 2.24. The Morgan fingerprint density at radius 2 is 1.82 bits per heavy atom. The number of hydrogen-bond acceptors (Lipinski definition) is 4. The second-order valence-corrected chi connectivity index (χ2v) is 8.59. The average Bonchev–Trinajstić information content (AvgIpc) is 2.69. The predicted molar refractivity (Wildman–Crippen MR) is 115 cm³/mol. The summed E-state index contributed by atoms with van der Waals surface area (Å²) in [6.07, 6.45) is 6.25. The summed E-state index contributed by atoms with van der Waals surface area (Å²) in [5, 5.41) is 0. The Balaban J connectivity index is 1.64. The molecule has 3 rings (SSSR count). The Bertz CT molecular complexity index is 696. The van der Waals surface area contributed by atoms with Gasteiger partial charge in [0.15, 0.2) is 0 Å². The van der Waals surface area contributed by atoms with Crippen LogP contribution in [0.5, 0.6) is 5.75 Å². The standard InChI is InChI=1S/C24H35N3O/c1-20(2)16-27(17-21-10-14-26(3)15-11-21)18-23-6-4-5-7-24(23)28-19-22-8-12-25-13-9-22/h4-9,12-13,20-21H,10-11,14-19H2,1-3H3. The molecule has 0 radical (unpaired) electrons. The smallest absolute Gasteiger partial charge is 0.124 e. The summed E-state index contributed by atoms with van der Waals surface area (Å²) >= 11 is 0. The highest BCUT2D eigenvalue weighted by molar-refractivity contribution is 5.33. The average molecular weight is 382 g/mol. The molecule has 0 saturated carbocycles. The first kappa shape index (κ1) is 20.8. The number of piperidine rings is 1. The number of ether oxygens (including phenoxy) is 1. The molecule has 1 fully saturated rings. The van der Waals surface area contributed by atoms with Crippen LogP contribution >= 0.6 is 0 Å². The number of aromatic nitrogens is 1. The molecule has 2 heterocycles. The summed E-state index contributed by atoms with van der Waals surface area (Å²) in [5.41, 5.74) is 2.43. The van der Waals surface area contributed by atoms with Crippen LogP contribution in [-0.4, -0.2) is 48.0 Å². The molecule has 28 heavy (non-hydrogen) atoms. The van der Waals surface area contributed by atoms with Crippen LogP contribution in [-0.2, 0) is 13.2 Å². The zero-order valence-corrected chi connectivity index (χ0v) is 17.7. The van der Waals surface area contributed by atoms with Crippen LogP contribution in [0.25, 0.3) is 0 Å². The van der Waals surface area contributed by atoms with Gasteiger partial charge in [0.05, 0.1) is 0 Å². The molecule has 0 spiro atoms. The van der Waals surface area contributed by atoms with E-state index in [1.165, 1.54) is 38.0 Å². The number of hydrogen-bond donors (Lipinski definition) is 0. The third kappa shape index (κ3) is 6.61. The van der Waals surface area contributed by atoms with E-state index < -0.39 is 0 Å². The van der Waals surface area contributed by atoms with E-state index >= 15 is 0 Å². The van der Waals surface area contributed by atoms with Crippen molar-refractivity contribution in [1.82, 2.24) is 14.8 Å². The highest BCUT2D eigenvalue weighted by atomic mass is 16.5. The fraction of sp³-hybridized carbons (Fsp3) is 0.542. The summed E-state index contributed by atoms with van der Waals surface area (Å²) in [4.78, 5) is 9.16. The lowest BCUT2D eigenvalue weighted by Crippen LogP contribution is -2.38. The Labute approximate surface area is 170 Å². The van der Waals surface area contributed by atoms with E-state index in [1.807, 2.05) is 24.5 Å². The van der Waals surface area contributed by atoms with Gasteiger partial charge < -0.3 is 9.64 Å². The Hall–Kier alpha value is -1.91. The number of likely N-dealkylation sites (tertiary alicyclic amines) is 1. The van der Waals surface area contributed by atoms with E-state index in [0.29, 0.717) is 12.5 Å². The molecular formula is C24H35N3O. The number of para-hydroxylation sites is 1. The van der Waals surface area contributed by atoms with Gasteiger partial charge in [-0.25, -0.2) is 0 Å². The molecule has 4 nitrogen and oxygen atoms in total. The monoisotopic (exact) mass is 381 g/mol. The highest BCUT2D eigenvalue weighted by Gasteiger charge is 2.21. The second-order valence-electron chi connectivity index (χ2n) is 8.59. The molecule has 0 aliphatic carbocycles. The van der Waals surface area contributed by atoms with Crippen molar-refractivity contribution in [1.29, 1.82) is 0 Å². The maximum Gasteiger partial charge on any atom is 0.124 e. The molecule has 1 aliphatic heterocycles. The van der Waals surface area contributed by atoms with Crippen LogP contribution in [0.1, 0.15) is 37.8 Å². The summed E-state index contributed by atoms with van der Waals surface area (Å²) in [7, 11) is 2.23. The van der Waals surface area contributed by atoms with Crippen LogP contribution in [0.15, 0.2) is 48.8 Å². The number of rotatable bonds is 9. The van der Waals surface area contributed by atoms with Crippen molar-refractivity contribution in [3.63, 3.8) is 0 Å². The van der Waals surface area contributed by atoms with Crippen LogP contribution in [0.4, 0.5) is 0 Å². The fourth-order valence-corrected chi connectivity index (χ4v) is 3.99. The molecule has 4 heteroatoms. The van der Waals surface area contributed by atoms with Crippen LogP contribution < -0.4 is 4.74 Å². The van der Waals surface area contributed by atoms with Crippen molar-refractivity contribution >= 4 is 0 Å².